The summed E-state index contributed by atoms with van der Waals surface area (Å²) in [6.45, 7) is -0.550. The molecule has 1 fully saturated rings. The fraction of sp³-hybridized carbons (Fsp3) is 0.105. The molecule has 0 atom stereocenters. The monoisotopic (exact) mass is 469 g/mol. The highest BCUT2D eigenvalue weighted by molar-refractivity contribution is 8.27. The van der Waals surface area contributed by atoms with E-state index in [0.29, 0.717) is 36.3 Å². The SMILES string of the molecule is COc1cccc(/C=C2\SC(=S)N(c3ccc(Cl)c(Cl)c3)C2=O)c1OCC(=O)O. The van der Waals surface area contributed by atoms with Gasteiger partial charge in [-0.2, -0.15) is 0 Å². The number of halogens is 2. The maximum Gasteiger partial charge on any atom is 0.341 e. The second-order valence-electron chi connectivity index (χ2n) is 5.68. The van der Waals surface area contributed by atoms with Crippen LogP contribution in [0.2, 0.25) is 10.0 Å². The van der Waals surface area contributed by atoms with Crippen molar-refractivity contribution in [3.63, 3.8) is 0 Å². The lowest BCUT2D eigenvalue weighted by molar-refractivity contribution is -0.139. The van der Waals surface area contributed by atoms with Crippen LogP contribution in [0, 0.1) is 0 Å². The predicted molar refractivity (Wildman–Crippen MR) is 118 cm³/mol. The van der Waals surface area contributed by atoms with Crippen LogP contribution in [0.15, 0.2) is 41.3 Å². The van der Waals surface area contributed by atoms with Gasteiger partial charge >= 0.3 is 5.97 Å². The van der Waals surface area contributed by atoms with E-state index >= 15 is 0 Å². The van der Waals surface area contributed by atoms with Gasteiger partial charge in [0.1, 0.15) is 0 Å². The molecule has 3 rings (SSSR count). The molecule has 1 aliphatic heterocycles. The maximum absolute atomic E-state index is 13.0. The number of rotatable bonds is 6. The summed E-state index contributed by atoms with van der Waals surface area (Å²) in [5.74, 6) is -0.907. The van der Waals surface area contributed by atoms with Gasteiger partial charge in [0.25, 0.3) is 5.91 Å². The zero-order valence-electron chi connectivity index (χ0n) is 14.8. The van der Waals surface area contributed by atoms with E-state index in [1.165, 1.54) is 12.0 Å². The Kier molecular flexibility index (Phi) is 6.69. The smallest absolute Gasteiger partial charge is 0.341 e. The van der Waals surface area contributed by atoms with Crippen molar-refractivity contribution < 1.29 is 24.2 Å². The van der Waals surface area contributed by atoms with Crippen molar-refractivity contribution >= 4 is 75.1 Å². The Morgan fingerprint density at radius 2 is 2.03 bits per heavy atom. The molecule has 0 aliphatic carbocycles. The first-order valence-electron chi connectivity index (χ1n) is 8.06. The average molecular weight is 470 g/mol. The fourth-order valence-electron chi connectivity index (χ4n) is 2.55. The van der Waals surface area contributed by atoms with Gasteiger partial charge in [0, 0.05) is 5.56 Å². The molecule has 2 aromatic rings. The summed E-state index contributed by atoms with van der Waals surface area (Å²) in [4.78, 5) is 25.5. The van der Waals surface area contributed by atoms with E-state index in [1.54, 1.807) is 42.5 Å². The van der Waals surface area contributed by atoms with Gasteiger partial charge in [-0.05, 0) is 30.3 Å². The molecular weight excluding hydrogens is 457 g/mol. The summed E-state index contributed by atoms with van der Waals surface area (Å²) >= 11 is 18.5. The Labute approximate surface area is 186 Å². The molecule has 1 N–H and O–H groups in total. The van der Waals surface area contributed by atoms with E-state index in [0.717, 1.165) is 11.8 Å². The van der Waals surface area contributed by atoms with Crippen LogP contribution in [-0.2, 0) is 9.59 Å². The minimum Gasteiger partial charge on any atom is -0.493 e. The number of nitrogens with zero attached hydrogens (tertiary/aromatic N) is 1. The van der Waals surface area contributed by atoms with E-state index in [-0.39, 0.29) is 11.7 Å². The third-order valence-electron chi connectivity index (χ3n) is 3.81. The highest BCUT2D eigenvalue weighted by Crippen LogP contribution is 2.40. The lowest BCUT2D eigenvalue weighted by Gasteiger charge is -2.15. The van der Waals surface area contributed by atoms with Gasteiger partial charge in [0.05, 0.1) is 27.7 Å². The number of methoxy groups -OCH3 is 1. The third-order valence-corrected chi connectivity index (χ3v) is 5.85. The lowest BCUT2D eigenvalue weighted by atomic mass is 10.1. The Morgan fingerprint density at radius 3 is 2.69 bits per heavy atom. The number of thioether (sulfide) groups is 1. The summed E-state index contributed by atoms with van der Waals surface area (Å²) in [5, 5.41) is 9.58. The Bertz CT molecular complexity index is 1040. The van der Waals surface area contributed by atoms with Gasteiger partial charge < -0.3 is 14.6 Å². The molecular formula is C19H13Cl2NO5S2. The molecule has 0 aromatic heterocycles. The summed E-state index contributed by atoms with van der Waals surface area (Å²) in [6, 6.07) is 9.82. The molecule has 10 heteroatoms. The van der Waals surface area contributed by atoms with Crippen molar-refractivity contribution in [1.29, 1.82) is 0 Å². The summed E-state index contributed by atoms with van der Waals surface area (Å²) in [7, 11) is 1.44. The number of para-hydroxylation sites is 1. The van der Waals surface area contributed by atoms with E-state index in [2.05, 4.69) is 0 Å². The minimum absolute atomic E-state index is 0.220. The molecule has 150 valence electrons. The van der Waals surface area contributed by atoms with Crippen LogP contribution in [0.5, 0.6) is 11.5 Å². The van der Waals surface area contributed by atoms with Gasteiger partial charge in [-0.1, -0.05) is 59.3 Å². The van der Waals surface area contributed by atoms with Crippen molar-refractivity contribution in [2.75, 3.05) is 18.6 Å². The van der Waals surface area contributed by atoms with Crippen molar-refractivity contribution in [2.24, 2.45) is 0 Å². The molecule has 1 saturated heterocycles. The first-order chi connectivity index (χ1) is 13.8. The van der Waals surface area contributed by atoms with Gasteiger partial charge in [0.15, 0.2) is 22.4 Å². The number of hydrogen-bond donors (Lipinski definition) is 1. The number of carboxylic acid groups (broad SMARTS) is 1. The molecule has 2 aromatic carbocycles. The largest absolute Gasteiger partial charge is 0.493 e. The second kappa shape index (κ2) is 9.04. The Hall–Kier alpha value is -2.26. The summed E-state index contributed by atoms with van der Waals surface area (Å²) < 4.78 is 10.9. The number of amides is 1. The number of thiocarbonyl (C=S) groups is 1. The summed E-state index contributed by atoms with van der Waals surface area (Å²) in [6.07, 6.45) is 1.58. The second-order valence-corrected chi connectivity index (χ2v) is 8.17. The highest BCUT2D eigenvalue weighted by Gasteiger charge is 2.34. The number of anilines is 1. The maximum atomic E-state index is 13.0. The molecule has 0 bridgehead atoms. The molecule has 1 heterocycles. The topological polar surface area (TPSA) is 76.1 Å². The van der Waals surface area contributed by atoms with Crippen LogP contribution < -0.4 is 14.4 Å². The Balaban J connectivity index is 1.97. The van der Waals surface area contributed by atoms with Crippen LogP contribution in [0.4, 0.5) is 5.69 Å². The molecule has 1 aliphatic rings. The van der Waals surface area contributed by atoms with Crippen molar-refractivity contribution in [2.45, 2.75) is 0 Å². The van der Waals surface area contributed by atoms with Crippen LogP contribution in [0.1, 0.15) is 5.56 Å². The van der Waals surface area contributed by atoms with Crippen molar-refractivity contribution in [3.8, 4) is 11.5 Å². The van der Waals surface area contributed by atoms with E-state index < -0.39 is 12.6 Å². The number of hydrogen-bond acceptors (Lipinski definition) is 6. The van der Waals surface area contributed by atoms with Crippen LogP contribution in [-0.4, -0.2) is 35.0 Å². The number of carbonyl (C=O) groups is 2. The molecule has 0 spiro atoms. The minimum atomic E-state index is -1.13. The van der Waals surface area contributed by atoms with E-state index in [9.17, 15) is 9.59 Å². The normalized spacial score (nSPS) is 15.1. The van der Waals surface area contributed by atoms with Crippen LogP contribution >= 0.6 is 47.2 Å². The third kappa shape index (κ3) is 4.67. The van der Waals surface area contributed by atoms with E-state index in [1.807, 2.05) is 0 Å². The van der Waals surface area contributed by atoms with Crippen molar-refractivity contribution in [3.05, 3.63) is 56.9 Å². The van der Waals surface area contributed by atoms with Gasteiger partial charge in [-0.15, -0.1) is 0 Å². The van der Waals surface area contributed by atoms with Gasteiger partial charge in [-0.25, -0.2) is 4.79 Å². The molecule has 0 saturated carbocycles. The molecule has 0 radical (unpaired) electrons. The molecule has 29 heavy (non-hydrogen) atoms. The molecule has 0 unspecified atom stereocenters. The number of aliphatic carboxylic acids is 1. The zero-order chi connectivity index (χ0) is 21.1. The first-order valence-corrected chi connectivity index (χ1v) is 10.0. The number of carboxylic acids is 1. The number of ether oxygens (including phenoxy) is 2. The molecule has 6 nitrogen and oxygen atoms in total. The number of carbonyl (C=O) groups excluding carboxylic acids is 1. The van der Waals surface area contributed by atoms with Crippen LogP contribution in [0.3, 0.4) is 0 Å². The molecule has 1 amide bonds. The fourth-order valence-corrected chi connectivity index (χ4v) is 4.13. The predicted octanol–water partition coefficient (Wildman–Crippen LogP) is 4.87. The summed E-state index contributed by atoms with van der Waals surface area (Å²) in [5.41, 5.74) is 0.985. The lowest BCUT2D eigenvalue weighted by Crippen LogP contribution is -2.27. The van der Waals surface area contributed by atoms with Gasteiger partial charge in [0.2, 0.25) is 0 Å². The van der Waals surface area contributed by atoms with Crippen LogP contribution in [0.25, 0.3) is 6.08 Å². The Morgan fingerprint density at radius 1 is 1.28 bits per heavy atom. The van der Waals surface area contributed by atoms with Crippen molar-refractivity contribution in [1.82, 2.24) is 0 Å². The van der Waals surface area contributed by atoms with E-state index in [4.69, 9.17) is 50.0 Å². The van der Waals surface area contributed by atoms with Gasteiger partial charge in [-0.3, -0.25) is 9.69 Å². The number of benzene rings is 2. The first kappa shape index (κ1) is 21.4. The zero-order valence-corrected chi connectivity index (χ0v) is 18.0. The quantitative estimate of drug-likeness (QED) is 0.477. The average Bonchev–Trinajstić information content (AvgIpc) is 2.96. The standard InChI is InChI=1S/C19H13Cl2NO5S2/c1-26-14-4-2-3-10(17(14)27-9-16(23)24)7-15-18(25)22(19(28)29-15)11-5-6-12(20)13(21)8-11/h2-8H,9H2,1H3,(H,23,24)/b15-7-. The highest BCUT2D eigenvalue weighted by atomic mass is 35.5.